The van der Waals surface area contributed by atoms with Crippen LogP contribution in [-0.4, -0.2) is 26.5 Å². The van der Waals surface area contributed by atoms with E-state index < -0.39 is 4.92 Å². The van der Waals surface area contributed by atoms with Crippen molar-refractivity contribution in [2.45, 2.75) is 17.0 Å². The van der Waals surface area contributed by atoms with Crippen molar-refractivity contribution < 1.29 is 9.66 Å². The Morgan fingerprint density at radius 1 is 1.35 bits per heavy atom. The Labute approximate surface area is 123 Å². The van der Waals surface area contributed by atoms with Gasteiger partial charge in [0, 0.05) is 6.07 Å². The third-order valence-electron chi connectivity index (χ3n) is 2.10. The average molecular weight is 313 g/mol. The number of hydrogen-bond acceptors (Lipinski definition) is 7. The standard InChI is InChI=1S/C11H9ClN4O3S/c1-2-19-10-13-9(12)14-11(15-10)20-8-6-4-3-5-7(8)16(17)18/h3-6H,2H2,1H3. The summed E-state index contributed by atoms with van der Waals surface area (Å²) in [5, 5.41) is 11.2. The van der Waals surface area contributed by atoms with Crippen molar-refractivity contribution in [3.05, 3.63) is 39.7 Å². The van der Waals surface area contributed by atoms with Crippen LogP contribution in [0.15, 0.2) is 34.3 Å². The predicted molar refractivity (Wildman–Crippen MR) is 73.2 cm³/mol. The van der Waals surface area contributed by atoms with Gasteiger partial charge in [0.05, 0.1) is 16.4 Å². The molecular formula is C11H9ClN4O3S. The van der Waals surface area contributed by atoms with Gasteiger partial charge in [-0.25, -0.2) is 0 Å². The van der Waals surface area contributed by atoms with E-state index in [1.807, 2.05) is 0 Å². The average Bonchev–Trinajstić information content (AvgIpc) is 2.38. The van der Waals surface area contributed by atoms with Gasteiger partial charge in [-0.15, -0.1) is 0 Å². The van der Waals surface area contributed by atoms with Crippen LogP contribution in [0.2, 0.25) is 5.28 Å². The van der Waals surface area contributed by atoms with Gasteiger partial charge in [0.2, 0.25) is 10.4 Å². The summed E-state index contributed by atoms with van der Waals surface area (Å²) in [4.78, 5) is 22.6. The van der Waals surface area contributed by atoms with Gasteiger partial charge >= 0.3 is 6.01 Å². The molecule has 1 heterocycles. The molecule has 2 rings (SSSR count). The summed E-state index contributed by atoms with van der Waals surface area (Å²) in [6, 6.07) is 6.40. The molecule has 0 spiro atoms. The van der Waals surface area contributed by atoms with Crippen LogP contribution in [-0.2, 0) is 0 Å². The topological polar surface area (TPSA) is 91.0 Å². The summed E-state index contributed by atoms with van der Waals surface area (Å²) in [5.41, 5.74) is -0.0213. The number of nitro benzene ring substituents is 1. The van der Waals surface area contributed by atoms with Crippen molar-refractivity contribution >= 4 is 29.1 Å². The molecule has 2 aromatic rings. The zero-order valence-corrected chi connectivity index (χ0v) is 11.9. The number of para-hydroxylation sites is 1. The van der Waals surface area contributed by atoms with E-state index in [4.69, 9.17) is 16.3 Å². The van der Waals surface area contributed by atoms with E-state index in [-0.39, 0.29) is 22.1 Å². The molecule has 0 aliphatic rings. The summed E-state index contributed by atoms with van der Waals surface area (Å²) in [6.07, 6.45) is 0. The molecule has 1 aromatic heterocycles. The highest BCUT2D eigenvalue weighted by molar-refractivity contribution is 7.99. The van der Waals surface area contributed by atoms with Crippen LogP contribution in [0.25, 0.3) is 0 Å². The van der Waals surface area contributed by atoms with E-state index in [2.05, 4.69) is 15.0 Å². The zero-order chi connectivity index (χ0) is 14.5. The van der Waals surface area contributed by atoms with Crippen molar-refractivity contribution in [2.75, 3.05) is 6.61 Å². The quantitative estimate of drug-likeness (QED) is 0.619. The van der Waals surface area contributed by atoms with Gasteiger partial charge in [0.1, 0.15) is 0 Å². The first-order chi connectivity index (χ1) is 9.60. The van der Waals surface area contributed by atoms with Crippen LogP contribution < -0.4 is 4.74 Å². The third-order valence-corrected chi connectivity index (χ3v) is 3.20. The third kappa shape index (κ3) is 3.55. The molecule has 0 N–H and O–H groups in total. The van der Waals surface area contributed by atoms with E-state index >= 15 is 0 Å². The maximum absolute atomic E-state index is 10.9. The summed E-state index contributed by atoms with van der Waals surface area (Å²) in [5.74, 6) is 0. The van der Waals surface area contributed by atoms with E-state index in [1.165, 1.54) is 6.07 Å². The molecule has 0 radical (unpaired) electrons. The number of nitrogens with zero attached hydrogens (tertiary/aromatic N) is 4. The fraction of sp³-hybridized carbons (Fsp3) is 0.182. The molecule has 104 valence electrons. The fourth-order valence-electron chi connectivity index (χ4n) is 1.35. The minimum atomic E-state index is -0.464. The smallest absolute Gasteiger partial charge is 0.321 e. The largest absolute Gasteiger partial charge is 0.464 e. The SMILES string of the molecule is CCOc1nc(Cl)nc(Sc2ccccc2[N+](=O)[O-])n1. The number of halogens is 1. The Bertz CT molecular complexity index is 641. The summed E-state index contributed by atoms with van der Waals surface area (Å²) >= 11 is 6.79. The maximum atomic E-state index is 10.9. The first-order valence-electron chi connectivity index (χ1n) is 5.55. The lowest BCUT2D eigenvalue weighted by atomic mass is 10.3. The Kier molecular flexibility index (Phi) is 4.70. The van der Waals surface area contributed by atoms with Crippen LogP contribution in [0.5, 0.6) is 6.01 Å². The van der Waals surface area contributed by atoms with Gasteiger partial charge in [-0.2, -0.15) is 15.0 Å². The lowest BCUT2D eigenvalue weighted by Crippen LogP contribution is -2.00. The Balaban J connectivity index is 2.32. The molecule has 0 saturated heterocycles. The minimum absolute atomic E-state index is 0.0213. The molecule has 20 heavy (non-hydrogen) atoms. The van der Waals surface area contributed by atoms with Gasteiger partial charge in [-0.1, -0.05) is 12.1 Å². The molecule has 0 fully saturated rings. The van der Waals surface area contributed by atoms with E-state index in [1.54, 1.807) is 25.1 Å². The lowest BCUT2D eigenvalue weighted by molar-refractivity contribution is -0.387. The molecular weight excluding hydrogens is 304 g/mol. The van der Waals surface area contributed by atoms with Gasteiger partial charge < -0.3 is 4.74 Å². The first kappa shape index (κ1) is 14.5. The summed E-state index contributed by atoms with van der Waals surface area (Å²) in [6.45, 7) is 2.17. The van der Waals surface area contributed by atoms with Crippen LogP contribution in [0.4, 0.5) is 5.69 Å². The van der Waals surface area contributed by atoms with Gasteiger partial charge in [-0.3, -0.25) is 10.1 Å². The molecule has 9 heteroatoms. The number of benzene rings is 1. The number of rotatable bonds is 5. The Morgan fingerprint density at radius 2 is 2.10 bits per heavy atom. The summed E-state index contributed by atoms with van der Waals surface area (Å²) < 4.78 is 5.15. The highest BCUT2D eigenvalue weighted by atomic mass is 35.5. The minimum Gasteiger partial charge on any atom is -0.464 e. The van der Waals surface area contributed by atoms with Crippen LogP contribution in [0.1, 0.15) is 6.92 Å². The summed E-state index contributed by atoms with van der Waals surface area (Å²) in [7, 11) is 0. The molecule has 1 aromatic carbocycles. The van der Waals surface area contributed by atoms with Crippen molar-refractivity contribution in [1.82, 2.24) is 15.0 Å². The molecule has 0 unspecified atom stereocenters. The van der Waals surface area contributed by atoms with E-state index in [0.717, 1.165) is 11.8 Å². The number of aromatic nitrogens is 3. The highest BCUT2D eigenvalue weighted by Gasteiger charge is 2.16. The molecule has 0 aliphatic heterocycles. The second kappa shape index (κ2) is 6.49. The fourth-order valence-corrected chi connectivity index (χ4v) is 2.40. The maximum Gasteiger partial charge on any atom is 0.321 e. The molecule has 0 aliphatic carbocycles. The lowest BCUT2D eigenvalue weighted by Gasteiger charge is -2.04. The van der Waals surface area contributed by atoms with Crippen LogP contribution in [0.3, 0.4) is 0 Å². The number of nitro groups is 1. The molecule has 0 atom stereocenters. The van der Waals surface area contributed by atoms with Crippen molar-refractivity contribution in [1.29, 1.82) is 0 Å². The molecule has 0 amide bonds. The number of ether oxygens (including phenoxy) is 1. The van der Waals surface area contributed by atoms with Gasteiger partial charge in [-0.05, 0) is 36.4 Å². The number of hydrogen-bond donors (Lipinski definition) is 0. The monoisotopic (exact) mass is 312 g/mol. The zero-order valence-electron chi connectivity index (χ0n) is 10.3. The van der Waals surface area contributed by atoms with Crippen LogP contribution >= 0.6 is 23.4 Å². The van der Waals surface area contributed by atoms with Crippen molar-refractivity contribution in [3.63, 3.8) is 0 Å². The normalized spacial score (nSPS) is 10.3. The van der Waals surface area contributed by atoms with E-state index in [0.29, 0.717) is 11.5 Å². The highest BCUT2D eigenvalue weighted by Crippen LogP contribution is 2.33. The van der Waals surface area contributed by atoms with Gasteiger partial charge in [0.15, 0.2) is 0 Å². The Morgan fingerprint density at radius 3 is 2.80 bits per heavy atom. The molecule has 0 bridgehead atoms. The predicted octanol–water partition coefficient (Wildman–Crippen LogP) is 2.98. The molecule has 0 saturated carbocycles. The second-order valence-electron chi connectivity index (χ2n) is 3.43. The van der Waals surface area contributed by atoms with Crippen LogP contribution in [0, 0.1) is 10.1 Å². The Hall–Kier alpha value is -1.93. The first-order valence-corrected chi connectivity index (χ1v) is 6.75. The van der Waals surface area contributed by atoms with Crippen molar-refractivity contribution in [2.24, 2.45) is 0 Å². The molecule has 7 nitrogen and oxygen atoms in total. The van der Waals surface area contributed by atoms with Gasteiger partial charge in [0.25, 0.3) is 5.69 Å². The van der Waals surface area contributed by atoms with Crippen molar-refractivity contribution in [3.8, 4) is 6.01 Å². The second-order valence-corrected chi connectivity index (χ2v) is 4.78. The van der Waals surface area contributed by atoms with E-state index in [9.17, 15) is 10.1 Å².